The van der Waals surface area contributed by atoms with Crippen LogP contribution in [0.2, 0.25) is 15.1 Å². The topological polar surface area (TPSA) is 12.9 Å². The van der Waals surface area contributed by atoms with Gasteiger partial charge in [0, 0.05) is 25.9 Å². The highest BCUT2D eigenvalue weighted by Crippen LogP contribution is 2.44. The quantitative estimate of drug-likeness (QED) is 0.461. The lowest BCUT2D eigenvalue weighted by molar-refractivity contribution is -0.140. The Morgan fingerprint density at radius 3 is 2.05 bits per heavy atom. The van der Waals surface area contributed by atoms with Gasteiger partial charge in [-0.3, -0.25) is 4.98 Å². The summed E-state index contributed by atoms with van der Waals surface area (Å²) in [7, 11) is 0. The minimum Gasteiger partial charge on any atom is -0.251 e. The minimum absolute atomic E-state index is 0.0407. The van der Waals surface area contributed by atoms with Crippen molar-refractivity contribution in [1.82, 2.24) is 4.98 Å². The van der Waals surface area contributed by atoms with Gasteiger partial charge in [0.05, 0.1) is 10.0 Å². The molecule has 0 spiro atoms. The second-order valence-corrected chi connectivity index (χ2v) is 6.17. The van der Waals surface area contributed by atoms with Crippen LogP contribution in [0.25, 0.3) is 11.1 Å². The molecule has 0 saturated heterocycles. The van der Waals surface area contributed by atoms with E-state index < -0.39 is 11.9 Å². The summed E-state index contributed by atoms with van der Waals surface area (Å²) in [6, 6.07) is 4.13. The molecule has 0 N–H and O–H groups in total. The van der Waals surface area contributed by atoms with Crippen LogP contribution in [0.3, 0.4) is 0 Å². The molecule has 1 nitrogen and oxygen atoms in total. The largest absolute Gasteiger partial charge is 0.433 e. The number of aromatic nitrogens is 1. The van der Waals surface area contributed by atoms with Crippen LogP contribution in [0.1, 0.15) is 5.69 Å². The average Bonchev–Trinajstić information content (AvgIpc) is 2.28. The van der Waals surface area contributed by atoms with Gasteiger partial charge < -0.3 is 0 Å². The fraction of sp³-hybridized carbons (Fsp3) is 0.0833. The van der Waals surface area contributed by atoms with Crippen LogP contribution < -0.4 is 0 Å². The fourth-order valence-electron chi connectivity index (χ4n) is 1.67. The van der Waals surface area contributed by atoms with Crippen molar-refractivity contribution in [3.8, 4) is 11.1 Å². The van der Waals surface area contributed by atoms with Crippen molar-refractivity contribution >= 4 is 57.4 Å². The normalized spacial score (nSPS) is 11.8. The van der Waals surface area contributed by atoms with Crippen LogP contribution in [0.5, 0.6) is 0 Å². The van der Waals surface area contributed by atoms with Crippen molar-refractivity contribution in [2.75, 3.05) is 0 Å². The Hall–Kier alpha value is -0.240. The lowest BCUT2D eigenvalue weighted by Gasteiger charge is -2.16. The molecule has 8 heteroatoms. The number of pyridine rings is 1. The number of nitrogens with zero attached hydrogens (tertiary/aromatic N) is 1. The zero-order valence-electron chi connectivity index (χ0n) is 9.40. The molecule has 2 rings (SSSR count). The van der Waals surface area contributed by atoms with Crippen molar-refractivity contribution in [3.05, 3.63) is 48.7 Å². The number of halogens is 7. The summed E-state index contributed by atoms with van der Waals surface area (Å²) in [5.41, 5.74) is -1.11. The predicted molar refractivity (Wildman–Crippen MR) is 82.4 cm³/mol. The van der Waals surface area contributed by atoms with Gasteiger partial charge in [0.1, 0.15) is 0 Å². The summed E-state index contributed by atoms with van der Waals surface area (Å²) < 4.78 is 39.6. The van der Waals surface area contributed by atoms with Crippen molar-refractivity contribution in [2.45, 2.75) is 6.18 Å². The Morgan fingerprint density at radius 1 is 1.00 bits per heavy atom. The first-order chi connectivity index (χ1) is 9.21. The molecule has 0 unspecified atom stereocenters. The summed E-state index contributed by atoms with van der Waals surface area (Å²) >= 11 is 19.5. The maximum absolute atomic E-state index is 13.1. The number of benzene rings is 1. The Labute approximate surface area is 141 Å². The van der Waals surface area contributed by atoms with E-state index in [0.29, 0.717) is 3.57 Å². The molecule has 0 aliphatic carbocycles. The Kier molecular flexibility index (Phi) is 4.73. The van der Waals surface area contributed by atoms with E-state index in [-0.39, 0.29) is 26.2 Å². The minimum atomic E-state index is -4.61. The second-order valence-electron chi connectivity index (χ2n) is 3.76. The SMILES string of the molecule is FC(F)(F)c1nccc(I)c1-c1c(Cl)cc(Cl)cc1Cl. The predicted octanol–water partition coefficient (Wildman–Crippen LogP) is 6.33. The molecule has 0 saturated carbocycles. The fourth-order valence-corrected chi connectivity index (χ4v) is 3.36. The highest BCUT2D eigenvalue weighted by Gasteiger charge is 2.37. The number of hydrogen-bond donors (Lipinski definition) is 0. The van der Waals surface area contributed by atoms with E-state index >= 15 is 0 Å². The van der Waals surface area contributed by atoms with Gasteiger partial charge in [-0.05, 0) is 40.8 Å². The third-order valence-corrected chi connectivity index (χ3v) is 4.14. The van der Waals surface area contributed by atoms with E-state index in [4.69, 9.17) is 34.8 Å². The molecule has 0 aliphatic heterocycles. The zero-order chi connectivity index (χ0) is 15.1. The van der Waals surface area contributed by atoms with E-state index in [1.54, 1.807) is 22.6 Å². The van der Waals surface area contributed by atoms with Crippen LogP contribution in [0.15, 0.2) is 24.4 Å². The molecule has 20 heavy (non-hydrogen) atoms. The Morgan fingerprint density at radius 2 is 1.55 bits per heavy atom. The van der Waals surface area contributed by atoms with E-state index in [9.17, 15) is 13.2 Å². The molecule has 0 radical (unpaired) electrons. The summed E-state index contributed by atoms with van der Waals surface area (Å²) in [5, 5.41) is 0.328. The third-order valence-electron chi connectivity index (χ3n) is 2.43. The van der Waals surface area contributed by atoms with Crippen LogP contribution in [-0.4, -0.2) is 4.98 Å². The number of hydrogen-bond acceptors (Lipinski definition) is 1. The number of rotatable bonds is 1. The van der Waals surface area contributed by atoms with Gasteiger partial charge in [-0.25, -0.2) is 0 Å². The van der Waals surface area contributed by atoms with E-state index in [1.165, 1.54) is 18.2 Å². The van der Waals surface area contributed by atoms with E-state index in [0.717, 1.165) is 6.20 Å². The standard InChI is InChI=1S/C12H4Cl3F3IN/c13-5-3-6(14)9(7(15)4-5)10-8(19)1-2-20-11(10)12(16,17)18/h1-4H. The van der Waals surface area contributed by atoms with Gasteiger partial charge in [0.15, 0.2) is 5.69 Å². The van der Waals surface area contributed by atoms with Crippen molar-refractivity contribution in [1.29, 1.82) is 0 Å². The maximum atomic E-state index is 13.1. The molecular weight excluding hydrogens is 448 g/mol. The van der Waals surface area contributed by atoms with Crippen LogP contribution >= 0.6 is 57.4 Å². The first-order valence-electron chi connectivity index (χ1n) is 5.08. The summed E-state index contributed by atoms with van der Waals surface area (Å²) in [6.07, 6.45) is -3.52. The maximum Gasteiger partial charge on any atom is 0.433 e. The molecule has 2 aromatic rings. The average molecular weight is 452 g/mol. The molecular formula is C12H4Cl3F3IN. The molecule has 0 fully saturated rings. The molecule has 1 aromatic carbocycles. The van der Waals surface area contributed by atoms with E-state index in [2.05, 4.69) is 4.98 Å². The van der Waals surface area contributed by atoms with Crippen LogP contribution in [-0.2, 0) is 6.18 Å². The van der Waals surface area contributed by atoms with Gasteiger partial charge >= 0.3 is 6.18 Å². The Balaban J connectivity index is 2.83. The van der Waals surface area contributed by atoms with Crippen molar-refractivity contribution in [3.63, 3.8) is 0 Å². The number of alkyl halides is 3. The van der Waals surface area contributed by atoms with Gasteiger partial charge in [-0.1, -0.05) is 34.8 Å². The van der Waals surface area contributed by atoms with Gasteiger partial charge in [0.25, 0.3) is 0 Å². The van der Waals surface area contributed by atoms with Crippen LogP contribution in [0.4, 0.5) is 13.2 Å². The van der Waals surface area contributed by atoms with Gasteiger partial charge in [0.2, 0.25) is 0 Å². The van der Waals surface area contributed by atoms with Gasteiger partial charge in [-0.15, -0.1) is 0 Å². The van der Waals surface area contributed by atoms with Crippen molar-refractivity contribution in [2.24, 2.45) is 0 Å². The second kappa shape index (κ2) is 5.87. The summed E-state index contributed by atoms with van der Waals surface area (Å²) in [4.78, 5) is 3.41. The lowest BCUT2D eigenvalue weighted by Crippen LogP contribution is -2.11. The van der Waals surface area contributed by atoms with Gasteiger partial charge in [-0.2, -0.15) is 13.2 Å². The smallest absolute Gasteiger partial charge is 0.251 e. The lowest BCUT2D eigenvalue weighted by atomic mass is 10.0. The molecule has 0 bridgehead atoms. The van der Waals surface area contributed by atoms with Crippen molar-refractivity contribution < 1.29 is 13.2 Å². The summed E-state index contributed by atoms with van der Waals surface area (Å²) in [5.74, 6) is 0. The molecule has 1 aromatic heterocycles. The third kappa shape index (κ3) is 3.16. The van der Waals surface area contributed by atoms with Crippen LogP contribution in [0, 0.1) is 3.57 Å². The Bertz CT molecular complexity index is 650. The highest BCUT2D eigenvalue weighted by atomic mass is 127. The highest BCUT2D eigenvalue weighted by molar-refractivity contribution is 14.1. The first-order valence-corrected chi connectivity index (χ1v) is 7.29. The molecule has 1 heterocycles. The monoisotopic (exact) mass is 451 g/mol. The molecule has 0 aliphatic rings. The molecule has 106 valence electrons. The first kappa shape index (κ1) is 16.1. The molecule has 0 amide bonds. The zero-order valence-corrected chi connectivity index (χ0v) is 13.8. The molecule has 0 atom stereocenters. The summed E-state index contributed by atoms with van der Waals surface area (Å²) in [6.45, 7) is 0. The van der Waals surface area contributed by atoms with E-state index in [1.807, 2.05) is 0 Å².